The van der Waals surface area contributed by atoms with Crippen molar-refractivity contribution in [3.8, 4) is 5.75 Å². The number of ketones is 1. The van der Waals surface area contributed by atoms with E-state index in [9.17, 15) is 29.7 Å². The van der Waals surface area contributed by atoms with Gasteiger partial charge in [0.2, 0.25) is 11.2 Å². The normalized spacial score (nSPS) is 17.0. The van der Waals surface area contributed by atoms with Crippen LogP contribution in [-0.2, 0) is 32.8 Å². The molecule has 0 aliphatic heterocycles. The minimum atomic E-state index is -1.82. The quantitative estimate of drug-likeness (QED) is 0.0861. The SMILES string of the molecule is CN(CCC(=O)Cc1ccc(CCC[C@H](O)c2ccc(O)c3[nH]c(=O)ccc23)cc1F)C1CCC(OC(=O)C(O)(c2cccs2)c2cccs2)CC1. The Morgan fingerprint density at radius 2 is 1.73 bits per heavy atom. The minimum absolute atomic E-state index is 0.00870. The lowest BCUT2D eigenvalue weighted by Crippen LogP contribution is -2.42. The molecule has 0 bridgehead atoms. The first kappa shape index (κ1) is 37.6. The summed E-state index contributed by atoms with van der Waals surface area (Å²) in [6.45, 7) is 0.541. The van der Waals surface area contributed by atoms with E-state index in [0.29, 0.717) is 71.3 Å². The highest BCUT2D eigenvalue weighted by Gasteiger charge is 2.45. The highest BCUT2D eigenvalue weighted by atomic mass is 32.1. The van der Waals surface area contributed by atoms with Gasteiger partial charge in [0.1, 0.15) is 23.5 Å². The Balaban J connectivity index is 0.928. The van der Waals surface area contributed by atoms with Gasteiger partial charge in [0.05, 0.1) is 21.4 Å². The van der Waals surface area contributed by atoms with E-state index in [1.165, 1.54) is 40.9 Å². The Morgan fingerprint density at radius 3 is 2.38 bits per heavy atom. The number of hydrogen-bond acceptors (Lipinski definition) is 10. The maximum Gasteiger partial charge on any atom is 0.349 e. The third-order valence-corrected chi connectivity index (χ3v) is 12.0. The second-order valence-corrected chi connectivity index (χ2v) is 15.5. The molecule has 0 saturated heterocycles. The summed E-state index contributed by atoms with van der Waals surface area (Å²) in [5.74, 6) is -1.20. The fraction of sp³-hybridized carbons (Fsp3) is 0.375. The first-order valence-corrected chi connectivity index (χ1v) is 19.3. The number of rotatable bonds is 15. The number of pyridine rings is 1. The number of benzene rings is 2. The van der Waals surface area contributed by atoms with Gasteiger partial charge in [0, 0.05) is 36.9 Å². The Hall–Kier alpha value is -4.20. The minimum Gasteiger partial charge on any atom is -0.506 e. The molecule has 1 aliphatic carbocycles. The van der Waals surface area contributed by atoms with Crippen LogP contribution in [0.5, 0.6) is 5.75 Å². The van der Waals surface area contributed by atoms with E-state index in [4.69, 9.17) is 4.74 Å². The maximum absolute atomic E-state index is 15.0. The molecule has 3 heterocycles. The van der Waals surface area contributed by atoms with Gasteiger partial charge in [-0.2, -0.15) is 0 Å². The summed E-state index contributed by atoms with van der Waals surface area (Å²) in [5, 5.41) is 36.7. The summed E-state index contributed by atoms with van der Waals surface area (Å²) in [4.78, 5) is 43.7. The average Bonchev–Trinajstić information content (AvgIpc) is 3.89. The van der Waals surface area contributed by atoms with Crippen LogP contribution in [0.25, 0.3) is 10.9 Å². The molecular weight excluding hydrogens is 704 g/mol. The predicted octanol–water partition coefficient (Wildman–Crippen LogP) is 6.78. The molecule has 1 aliphatic rings. The van der Waals surface area contributed by atoms with Crippen LogP contribution < -0.4 is 5.56 Å². The van der Waals surface area contributed by atoms with E-state index in [-0.39, 0.29) is 41.2 Å². The number of aromatic nitrogens is 1. The lowest BCUT2D eigenvalue weighted by molar-refractivity contribution is -0.169. The number of aliphatic hydroxyl groups is 2. The van der Waals surface area contributed by atoms with Crippen LogP contribution in [0.1, 0.15) is 77.5 Å². The third-order valence-electron chi connectivity index (χ3n) is 10.0. The molecule has 0 amide bonds. The van der Waals surface area contributed by atoms with Gasteiger partial charge in [-0.15, -0.1) is 22.7 Å². The molecule has 274 valence electrons. The van der Waals surface area contributed by atoms with Crippen molar-refractivity contribution in [2.75, 3.05) is 13.6 Å². The zero-order valence-corrected chi connectivity index (χ0v) is 30.6. The van der Waals surface area contributed by atoms with E-state index in [1.807, 2.05) is 23.9 Å². The van der Waals surface area contributed by atoms with Crippen LogP contribution in [0.4, 0.5) is 4.39 Å². The first-order valence-electron chi connectivity index (χ1n) is 17.6. The standard InChI is InChI=1S/C40H43FN2O7S2/c1-43(27-11-13-29(14-12-27)50-39(48)40(49,35-7-3-21-51-35)36-8-4-22-52-36)20-19-28(44)24-26-10-9-25(23-32(26)41)5-2-6-33(45)30-15-17-34(46)38-31(30)16-18-37(47)42-38/h3-4,7-10,15-18,21-23,27,29,33,45-46,49H,2,5-6,11-14,19-20,24H2,1H3,(H,42,47)/t27?,29?,33-/m0/s1. The Bertz CT molecular complexity index is 2000. The largest absolute Gasteiger partial charge is 0.506 e. The molecule has 5 aromatic rings. The number of carbonyl (C=O) groups excluding carboxylic acids is 2. The van der Waals surface area contributed by atoms with Gasteiger partial charge in [0.15, 0.2) is 0 Å². The molecule has 1 saturated carbocycles. The highest BCUT2D eigenvalue weighted by molar-refractivity contribution is 7.12. The number of esters is 1. The molecule has 3 aromatic heterocycles. The van der Waals surface area contributed by atoms with Gasteiger partial charge in [-0.05, 0) is 110 Å². The number of Topliss-reactive ketones (excluding diaryl/α,β-unsaturated/α-hetero) is 1. The van der Waals surface area contributed by atoms with Crippen LogP contribution in [0, 0.1) is 5.82 Å². The zero-order valence-electron chi connectivity index (χ0n) is 28.9. The van der Waals surface area contributed by atoms with Crippen molar-refractivity contribution in [1.29, 1.82) is 0 Å². The van der Waals surface area contributed by atoms with Gasteiger partial charge in [0.25, 0.3) is 0 Å². The number of hydrogen-bond donors (Lipinski definition) is 4. The lowest BCUT2D eigenvalue weighted by Gasteiger charge is -2.35. The molecule has 0 radical (unpaired) electrons. The van der Waals surface area contributed by atoms with Crippen LogP contribution in [0.3, 0.4) is 0 Å². The number of nitrogens with one attached hydrogen (secondary N) is 1. The number of H-pyrrole nitrogens is 1. The second-order valence-electron chi connectivity index (χ2n) is 13.6. The van der Waals surface area contributed by atoms with Crippen molar-refractivity contribution < 1.29 is 34.0 Å². The van der Waals surface area contributed by atoms with Gasteiger partial charge >= 0.3 is 5.97 Å². The fourth-order valence-corrected chi connectivity index (χ4v) is 8.72. The number of thiophene rings is 2. The topological polar surface area (TPSA) is 140 Å². The molecule has 12 heteroatoms. The number of aromatic hydroxyl groups is 1. The fourth-order valence-electron chi connectivity index (χ4n) is 7.01. The van der Waals surface area contributed by atoms with E-state index in [2.05, 4.69) is 9.88 Å². The van der Waals surface area contributed by atoms with Crippen molar-refractivity contribution in [3.63, 3.8) is 0 Å². The number of halogens is 1. The van der Waals surface area contributed by atoms with E-state index in [1.54, 1.807) is 42.5 Å². The lowest BCUT2D eigenvalue weighted by atomic mass is 9.91. The molecule has 2 aromatic carbocycles. The highest BCUT2D eigenvalue weighted by Crippen LogP contribution is 2.38. The maximum atomic E-state index is 15.0. The Labute approximate surface area is 309 Å². The number of ether oxygens (including phenoxy) is 1. The smallest absolute Gasteiger partial charge is 0.349 e. The van der Waals surface area contributed by atoms with E-state index >= 15 is 4.39 Å². The monoisotopic (exact) mass is 746 g/mol. The van der Waals surface area contributed by atoms with E-state index < -0.39 is 23.5 Å². The molecule has 0 spiro atoms. The van der Waals surface area contributed by atoms with Crippen LogP contribution in [0.15, 0.2) is 82.3 Å². The van der Waals surface area contributed by atoms with Crippen molar-refractivity contribution in [3.05, 3.63) is 120 Å². The summed E-state index contributed by atoms with van der Waals surface area (Å²) in [6, 6.07) is 18.3. The predicted molar refractivity (Wildman–Crippen MR) is 200 cm³/mol. The van der Waals surface area contributed by atoms with Gasteiger partial charge in [-0.3, -0.25) is 9.59 Å². The van der Waals surface area contributed by atoms with Crippen molar-refractivity contribution >= 4 is 45.3 Å². The molecule has 1 atom stereocenters. The van der Waals surface area contributed by atoms with Crippen molar-refractivity contribution in [1.82, 2.24) is 9.88 Å². The number of nitrogens with zero attached hydrogens (tertiary/aromatic N) is 1. The van der Waals surface area contributed by atoms with Crippen LogP contribution >= 0.6 is 22.7 Å². The van der Waals surface area contributed by atoms with Crippen molar-refractivity contribution in [2.45, 2.75) is 81.6 Å². The number of aromatic amines is 1. The number of phenols is 1. The number of aliphatic hydroxyl groups excluding tert-OH is 1. The first-order chi connectivity index (χ1) is 25.0. The average molecular weight is 747 g/mol. The van der Waals surface area contributed by atoms with Crippen LogP contribution in [-0.4, -0.2) is 62.7 Å². The summed E-state index contributed by atoms with van der Waals surface area (Å²) >= 11 is 2.63. The second kappa shape index (κ2) is 16.6. The molecule has 0 unspecified atom stereocenters. The number of fused-ring (bicyclic) bond motifs is 1. The summed E-state index contributed by atoms with van der Waals surface area (Å²) < 4.78 is 20.9. The molecule has 6 rings (SSSR count). The van der Waals surface area contributed by atoms with Gasteiger partial charge in [-0.25, -0.2) is 9.18 Å². The Kier molecular flexibility index (Phi) is 12.0. The van der Waals surface area contributed by atoms with Crippen molar-refractivity contribution in [2.24, 2.45) is 0 Å². The molecule has 4 N–H and O–H groups in total. The summed E-state index contributed by atoms with van der Waals surface area (Å²) in [5.41, 5.74) is -0.173. The van der Waals surface area contributed by atoms with Gasteiger partial charge < -0.3 is 29.9 Å². The third kappa shape index (κ3) is 8.53. The molecule has 52 heavy (non-hydrogen) atoms. The number of phenolic OH excluding ortho intramolecular Hbond substituents is 1. The van der Waals surface area contributed by atoms with Gasteiger partial charge in [-0.1, -0.05) is 30.3 Å². The summed E-state index contributed by atoms with van der Waals surface area (Å²) in [6.07, 6.45) is 3.58. The van der Waals surface area contributed by atoms with E-state index in [0.717, 1.165) is 18.4 Å². The Morgan fingerprint density at radius 1 is 1.02 bits per heavy atom. The molecular formula is C40H43FN2O7S2. The molecule has 1 fully saturated rings. The zero-order chi connectivity index (χ0) is 36.8. The number of carbonyl (C=O) groups is 2. The molecule has 9 nitrogen and oxygen atoms in total. The van der Waals surface area contributed by atoms with Crippen LogP contribution in [0.2, 0.25) is 0 Å². The number of aryl methyl sites for hydroxylation is 1. The summed E-state index contributed by atoms with van der Waals surface area (Å²) in [7, 11) is 1.98.